The van der Waals surface area contributed by atoms with Gasteiger partial charge in [0.05, 0.1) is 17.8 Å². The number of hydrogen-bond acceptors (Lipinski definition) is 3. The van der Waals surface area contributed by atoms with Crippen molar-refractivity contribution in [1.82, 2.24) is 0 Å². The van der Waals surface area contributed by atoms with Gasteiger partial charge in [0.2, 0.25) is 0 Å². The van der Waals surface area contributed by atoms with E-state index in [-0.39, 0.29) is 17.6 Å². The summed E-state index contributed by atoms with van der Waals surface area (Å²) >= 11 is 0. The van der Waals surface area contributed by atoms with Crippen LogP contribution < -0.4 is 0 Å². The average molecular weight is 435 g/mol. The Morgan fingerprint density at radius 3 is 2.32 bits per heavy atom. The highest BCUT2D eigenvalue weighted by atomic mass is 16.5. The largest absolute Gasteiger partial charge is 0.393 e. The standard InChI is InChI=1S/C28H50O3/c1-6-7-8-9-14-28(4,30)25-11-10-21-20-18-24(31-5)23-17-19(29)12-15-26(23,2)22(20)13-16-27(21,25)3/h19-25,29-30H,6-18H2,1-5H3/t19-,20?,21?,22?,23+,24-,25-,26+,27-,28-/m0/s1. The predicted octanol–water partition coefficient (Wildman–Crippen LogP) is 6.35. The van der Waals surface area contributed by atoms with Crippen LogP contribution in [0.2, 0.25) is 0 Å². The molecule has 4 aliphatic carbocycles. The zero-order valence-corrected chi connectivity index (χ0v) is 21.0. The van der Waals surface area contributed by atoms with Gasteiger partial charge < -0.3 is 14.9 Å². The Morgan fingerprint density at radius 2 is 1.61 bits per heavy atom. The lowest BCUT2D eigenvalue weighted by Crippen LogP contribution is -2.59. The Hall–Kier alpha value is -0.120. The molecule has 0 aromatic rings. The normalized spacial score (nSPS) is 49.1. The summed E-state index contributed by atoms with van der Waals surface area (Å²) in [4.78, 5) is 0. The molecule has 31 heavy (non-hydrogen) atoms. The SMILES string of the molecule is CCCCCC[C@](C)(O)[C@H]1CCC2C3C[C@H](OC)[C@H]4C[C@@H](O)CC[C@]4(C)C3CC[C@@]21C. The summed E-state index contributed by atoms with van der Waals surface area (Å²) in [5.41, 5.74) is 0.0524. The first-order valence-corrected chi connectivity index (χ1v) is 13.6. The Kier molecular flexibility index (Phi) is 6.91. The zero-order valence-electron chi connectivity index (χ0n) is 21.0. The van der Waals surface area contributed by atoms with Crippen LogP contribution in [0.1, 0.15) is 111 Å². The minimum absolute atomic E-state index is 0.139. The molecule has 4 fully saturated rings. The molecule has 0 bridgehead atoms. The molecule has 0 aromatic carbocycles. The number of rotatable bonds is 7. The van der Waals surface area contributed by atoms with Crippen LogP contribution in [0.3, 0.4) is 0 Å². The molecule has 2 N–H and O–H groups in total. The number of aliphatic hydroxyl groups excluding tert-OH is 1. The molecule has 4 rings (SSSR count). The van der Waals surface area contributed by atoms with Gasteiger partial charge >= 0.3 is 0 Å². The molecule has 0 radical (unpaired) electrons. The minimum Gasteiger partial charge on any atom is -0.393 e. The minimum atomic E-state index is -0.527. The van der Waals surface area contributed by atoms with Crippen LogP contribution in [0.4, 0.5) is 0 Å². The van der Waals surface area contributed by atoms with E-state index in [9.17, 15) is 10.2 Å². The molecule has 4 saturated carbocycles. The molecule has 4 aliphatic rings. The first kappa shape index (κ1) is 24.0. The lowest BCUT2D eigenvalue weighted by molar-refractivity contribution is -0.185. The van der Waals surface area contributed by atoms with Gasteiger partial charge in [0.1, 0.15) is 0 Å². The van der Waals surface area contributed by atoms with Crippen LogP contribution in [0.25, 0.3) is 0 Å². The Bertz CT molecular complexity index is 617. The third-order valence-electron chi connectivity index (χ3n) is 11.2. The monoisotopic (exact) mass is 434 g/mol. The summed E-state index contributed by atoms with van der Waals surface area (Å²) in [6, 6.07) is 0. The van der Waals surface area contributed by atoms with E-state index in [4.69, 9.17) is 4.74 Å². The van der Waals surface area contributed by atoms with E-state index in [2.05, 4.69) is 27.7 Å². The average Bonchev–Trinajstić information content (AvgIpc) is 3.09. The van der Waals surface area contributed by atoms with Crippen molar-refractivity contribution in [2.45, 2.75) is 129 Å². The summed E-state index contributed by atoms with van der Waals surface area (Å²) < 4.78 is 6.11. The number of aliphatic hydroxyl groups is 2. The molecule has 3 heteroatoms. The molecule has 0 aromatic heterocycles. The third-order valence-corrected chi connectivity index (χ3v) is 11.2. The topological polar surface area (TPSA) is 49.7 Å². The fraction of sp³-hybridized carbons (Fsp3) is 1.00. The van der Waals surface area contributed by atoms with Gasteiger partial charge in [-0.05, 0) is 105 Å². The second kappa shape index (κ2) is 8.91. The first-order valence-electron chi connectivity index (χ1n) is 13.6. The molecule has 3 nitrogen and oxygen atoms in total. The van der Waals surface area contributed by atoms with Gasteiger partial charge in [0, 0.05) is 7.11 Å². The second-order valence-corrected chi connectivity index (χ2v) is 12.8. The van der Waals surface area contributed by atoms with Gasteiger partial charge in [-0.15, -0.1) is 0 Å². The smallest absolute Gasteiger partial charge is 0.0653 e. The van der Waals surface area contributed by atoms with Crippen LogP contribution in [-0.4, -0.2) is 35.1 Å². The molecular formula is C28H50O3. The Labute approximate surface area is 191 Å². The molecular weight excluding hydrogens is 384 g/mol. The van der Waals surface area contributed by atoms with Crippen molar-refractivity contribution >= 4 is 0 Å². The third kappa shape index (κ3) is 4.03. The van der Waals surface area contributed by atoms with Crippen molar-refractivity contribution < 1.29 is 14.9 Å². The summed E-state index contributed by atoms with van der Waals surface area (Å²) in [6.07, 6.45) is 15.3. The van der Waals surface area contributed by atoms with Gasteiger partial charge in [0.25, 0.3) is 0 Å². The first-order chi connectivity index (χ1) is 14.7. The van der Waals surface area contributed by atoms with Gasteiger partial charge in [-0.1, -0.05) is 46.5 Å². The summed E-state index contributed by atoms with van der Waals surface area (Å²) in [7, 11) is 1.90. The van der Waals surface area contributed by atoms with E-state index in [1.54, 1.807) is 0 Å². The van der Waals surface area contributed by atoms with Crippen molar-refractivity contribution in [3.8, 4) is 0 Å². The molecule has 0 aliphatic heterocycles. The van der Waals surface area contributed by atoms with E-state index in [0.717, 1.165) is 49.9 Å². The quantitative estimate of drug-likeness (QED) is 0.459. The second-order valence-electron chi connectivity index (χ2n) is 12.8. The number of hydrogen-bond donors (Lipinski definition) is 2. The fourth-order valence-corrected chi connectivity index (χ4v) is 9.61. The number of unbranched alkanes of at least 4 members (excludes halogenated alkanes) is 3. The summed E-state index contributed by atoms with van der Waals surface area (Å²) in [5, 5.41) is 22.0. The Morgan fingerprint density at radius 1 is 0.903 bits per heavy atom. The van der Waals surface area contributed by atoms with Gasteiger partial charge in [-0.25, -0.2) is 0 Å². The van der Waals surface area contributed by atoms with Crippen molar-refractivity contribution in [2.75, 3.05) is 7.11 Å². The molecule has 10 atom stereocenters. The van der Waals surface area contributed by atoms with Gasteiger partial charge in [-0.3, -0.25) is 0 Å². The maximum atomic E-state index is 11.6. The fourth-order valence-electron chi connectivity index (χ4n) is 9.61. The van der Waals surface area contributed by atoms with Crippen LogP contribution in [-0.2, 0) is 4.74 Å². The molecule has 0 spiro atoms. The number of fused-ring (bicyclic) bond motifs is 5. The summed E-state index contributed by atoms with van der Waals surface area (Å²) in [5.74, 6) is 3.16. The maximum absolute atomic E-state index is 11.6. The molecule has 180 valence electrons. The van der Waals surface area contributed by atoms with Crippen LogP contribution in [0.5, 0.6) is 0 Å². The van der Waals surface area contributed by atoms with Crippen molar-refractivity contribution in [1.29, 1.82) is 0 Å². The van der Waals surface area contributed by atoms with Crippen molar-refractivity contribution in [2.24, 2.45) is 40.4 Å². The van der Waals surface area contributed by atoms with Gasteiger partial charge in [0.15, 0.2) is 0 Å². The Balaban J connectivity index is 1.54. The summed E-state index contributed by atoms with van der Waals surface area (Å²) in [6.45, 7) is 9.48. The highest BCUT2D eigenvalue weighted by Gasteiger charge is 2.64. The maximum Gasteiger partial charge on any atom is 0.0653 e. The van der Waals surface area contributed by atoms with E-state index in [0.29, 0.717) is 17.3 Å². The van der Waals surface area contributed by atoms with Crippen LogP contribution in [0, 0.1) is 40.4 Å². The van der Waals surface area contributed by atoms with E-state index in [1.165, 1.54) is 51.4 Å². The highest BCUT2D eigenvalue weighted by molar-refractivity contribution is 5.13. The lowest BCUT2D eigenvalue weighted by Gasteiger charge is -2.63. The highest BCUT2D eigenvalue weighted by Crippen LogP contribution is 2.69. The van der Waals surface area contributed by atoms with E-state index < -0.39 is 5.60 Å². The lowest BCUT2D eigenvalue weighted by atomic mass is 9.43. The molecule has 3 unspecified atom stereocenters. The van der Waals surface area contributed by atoms with E-state index in [1.807, 2.05) is 7.11 Å². The van der Waals surface area contributed by atoms with Crippen LogP contribution in [0.15, 0.2) is 0 Å². The molecule has 0 amide bonds. The van der Waals surface area contributed by atoms with Gasteiger partial charge in [-0.2, -0.15) is 0 Å². The number of methoxy groups -OCH3 is 1. The predicted molar refractivity (Wildman–Crippen MR) is 127 cm³/mol. The van der Waals surface area contributed by atoms with Crippen molar-refractivity contribution in [3.05, 3.63) is 0 Å². The molecule has 0 heterocycles. The van der Waals surface area contributed by atoms with Crippen molar-refractivity contribution in [3.63, 3.8) is 0 Å². The zero-order chi connectivity index (χ0) is 22.4. The van der Waals surface area contributed by atoms with E-state index >= 15 is 0 Å². The van der Waals surface area contributed by atoms with Crippen LogP contribution >= 0.6 is 0 Å². The number of ether oxygens (including phenoxy) is 1. The molecule has 0 saturated heterocycles.